The summed E-state index contributed by atoms with van der Waals surface area (Å²) >= 11 is 0. The number of nitrogens with zero attached hydrogens (tertiary/aromatic N) is 1. The van der Waals surface area contributed by atoms with E-state index in [1.165, 1.54) is 6.42 Å². The molecule has 0 heterocycles. The Morgan fingerprint density at radius 3 is 2.60 bits per heavy atom. The highest BCUT2D eigenvalue weighted by atomic mass is 16.4. The van der Waals surface area contributed by atoms with Crippen molar-refractivity contribution in [1.82, 2.24) is 5.32 Å². The van der Waals surface area contributed by atoms with E-state index in [9.17, 15) is 4.79 Å². The lowest BCUT2D eigenvalue weighted by Crippen LogP contribution is -2.48. The number of carbonyl (C=O) groups is 1. The van der Waals surface area contributed by atoms with Crippen LogP contribution in [-0.2, 0) is 4.79 Å². The second-order valence-electron chi connectivity index (χ2n) is 4.44. The Balaban J connectivity index is 2.42. The van der Waals surface area contributed by atoms with Crippen LogP contribution in [0.15, 0.2) is 5.16 Å². The normalized spacial score (nSPS) is 21.0. The maximum Gasteiger partial charge on any atom is 0.228 e. The van der Waals surface area contributed by atoms with Gasteiger partial charge in [-0.05, 0) is 19.8 Å². The first-order valence-corrected chi connectivity index (χ1v) is 5.33. The van der Waals surface area contributed by atoms with Crippen LogP contribution < -0.4 is 11.1 Å². The van der Waals surface area contributed by atoms with E-state index in [4.69, 9.17) is 10.9 Å². The molecule has 5 heteroatoms. The summed E-state index contributed by atoms with van der Waals surface area (Å²) in [4.78, 5) is 11.5. The lowest BCUT2D eigenvalue weighted by molar-refractivity contribution is -0.122. The molecule has 1 aliphatic carbocycles. The quantitative estimate of drug-likeness (QED) is 0.282. The number of nitrogens with one attached hydrogen (secondary N) is 1. The number of hydrogen-bond acceptors (Lipinski definition) is 3. The Labute approximate surface area is 89.7 Å². The standard InChI is InChI=1S/C10H19N3O2/c1-10(5-3-2-4-6-10)12-9(14)7-8(11)13-15/h15H,2-7H2,1H3,(H2,11,13)(H,12,14). The van der Waals surface area contributed by atoms with Crippen molar-refractivity contribution in [1.29, 1.82) is 0 Å². The smallest absolute Gasteiger partial charge is 0.228 e. The highest BCUT2D eigenvalue weighted by Crippen LogP contribution is 2.27. The van der Waals surface area contributed by atoms with Gasteiger partial charge in [-0.2, -0.15) is 0 Å². The zero-order chi connectivity index (χ0) is 11.3. The van der Waals surface area contributed by atoms with Gasteiger partial charge in [0.1, 0.15) is 5.84 Å². The maximum atomic E-state index is 11.5. The van der Waals surface area contributed by atoms with Crippen molar-refractivity contribution in [2.45, 2.75) is 51.0 Å². The van der Waals surface area contributed by atoms with E-state index in [0.717, 1.165) is 25.7 Å². The molecule has 86 valence electrons. The first-order chi connectivity index (χ1) is 7.06. The van der Waals surface area contributed by atoms with E-state index in [-0.39, 0.29) is 23.7 Å². The molecule has 0 aromatic rings. The fourth-order valence-electron chi connectivity index (χ4n) is 2.04. The van der Waals surface area contributed by atoms with Gasteiger partial charge in [0.25, 0.3) is 0 Å². The Bertz CT molecular complexity index is 257. The van der Waals surface area contributed by atoms with E-state index in [1.54, 1.807) is 0 Å². The summed E-state index contributed by atoms with van der Waals surface area (Å²) in [6, 6.07) is 0. The molecule has 1 fully saturated rings. The van der Waals surface area contributed by atoms with Crippen molar-refractivity contribution < 1.29 is 10.0 Å². The maximum absolute atomic E-state index is 11.5. The summed E-state index contributed by atoms with van der Waals surface area (Å²) in [5.41, 5.74) is 5.16. The van der Waals surface area contributed by atoms with Crippen molar-refractivity contribution in [2.24, 2.45) is 10.9 Å². The van der Waals surface area contributed by atoms with E-state index in [0.29, 0.717) is 0 Å². The van der Waals surface area contributed by atoms with E-state index in [2.05, 4.69) is 17.4 Å². The molecule has 1 rings (SSSR count). The second-order valence-corrected chi connectivity index (χ2v) is 4.44. The SMILES string of the molecule is CC1(NC(=O)C/C(N)=N/O)CCCCC1. The van der Waals surface area contributed by atoms with Crippen LogP contribution in [-0.4, -0.2) is 22.5 Å². The van der Waals surface area contributed by atoms with Crippen LogP contribution >= 0.6 is 0 Å². The van der Waals surface area contributed by atoms with Gasteiger partial charge in [-0.1, -0.05) is 24.4 Å². The summed E-state index contributed by atoms with van der Waals surface area (Å²) in [7, 11) is 0. The van der Waals surface area contributed by atoms with Gasteiger partial charge in [0.05, 0.1) is 6.42 Å². The van der Waals surface area contributed by atoms with Gasteiger partial charge in [0.2, 0.25) is 5.91 Å². The average molecular weight is 213 g/mol. The van der Waals surface area contributed by atoms with Gasteiger partial charge in [0.15, 0.2) is 0 Å². The molecule has 0 bridgehead atoms. The van der Waals surface area contributed by atoms with Crippen molar-refractivity contribution in [2.75, 3.05) is 0 Å². The number of amides is 1. The van der Waals surface area contributed by atoms with Crippen LogP contribution in [0.5, 0.6) is 0 Å². The lowest BCUT2D eigenvalue weighted by atomic mass is 9.83. The lowest BCUT2D eigenvalue weighted by Gasteiger charge is -2.34. The number of carbonyl (C=O) groups excluding carboxylic acids is 1. The molecule has 5 nitrogen and oxygen atoms in total. The number of nitrogens with two attached hydrogens (primary N) is 1. The molecular weight excluding hydrogens is 194 g/mol. The third-order valence-corrected chi connectivity index (χ3v) is 2.87. The third-order valence-electron chi connectivity index (χ3n) is 2.87. The van der Waals surface area contributed by atoms with Gasteiger partial charge < -0.3 is 16.3 Å². The highest BCUT2D eigenvalue weighted by molar-refractivity contribution is 5.98. The minimum Gasteiger partial charge on any atom is -0.409 e. The Kier molecular flexibility index (Phi) is 3.94. The molecule has 0 aliphatic heterocycles. The van der Waals surface area contributed by atoms with Crippen LogP contribution in [0.4, 0.5) is 0 Å². The molecule has 0 atom stereocenters. The van der Waals surface area contributed by atoms with E-state index < -0.39 is 0 Å². The van der Waals surface area contributed by atoms with Gasteiger partial charge in [-0.15, -0.1) is 0 Å². The summed E-state index contributed by atoms with van der Waals surface area (Å²) in [5.74, 6) is -0.221. The summed E-state index contributed by atoms with van der Waals surface area (Å²) in [6.07, 6.45) is 5.53. The molecule has 4 N–H and O–H groups in total. The van der Waals surface area contributed by atoms with E-state index in [1.807, 2.05) is 0 Å². The van der Waals surface area contributed by atoms with Crippen LogP contribution in [0.25, 0.3) is 0 Å². The fourth-order valence-corrected chi connectivity index (χ4v) is 2.04. The van der Waals surface area contributed by atoms with Gasteiger partial charge >= 0.3 is 0 Å². The van der Waals surface area contributed by atoms with Gasteiger partial charge in [-0.3, -0.25) is 4.79 Å². The largest absolute Gasteiger partial charge is 0.409 e. The van der Waals surface area contributed by atoms with Crippen molar-refractivity contribution in [3.8, 4) is 0 Å². The zero-order valence-electron chi connectivity index (χ0n) is 9.12. The van der Waals surface area contributed by atoms with Crippen LogP contribution in [0.2, 0.25) is 0 Å². The number of hydrogen-bond donors (Lipinski definition) is 3. The first kappa shape index (κ1) is 11.8. The Hall–Kier alpha value is -1.26. The molecule has 0 spiro atoms. The monoisotopic (exact) mass is 213 g/mol. The summed E-state index contributed by atoms with van der Waals surface area (Å²) in [5, 5.41) is 14.1. The van der Waals surface area contributed by atoms with Crippen LogP contribution in [0.1, 0.15) is 45.4 Å². The van der Waals surface area contributed by atoms with Crippen LogP contribution in [0.3, 0.4) is 0 Å². The van der Waals surface area contributed by atoms with E-state index >= 15 is 0 Å². The summed E-state index contributed by atoms with van der Waals surface area (Å²) in [6.45, 7) is 2.05. The topological polar surface area (TPSA) is 87.7 Å². The van der Waals surface area contributed by atoms with Gasteiger partial charge in [0, 0.05) is 5.54 Å². The molecule has 0 radical (unpaired) electrons. The predicted molar refractivity (Wildman–Crippen MR) is 57.7 cm³/mol. The van der Waals surface area contributed by atoms with Crippen molar-refractivity contribution in [3.05, 3.63) is 0 Å². The summed E-state index contributed by atoms with van der Waals surface area (Å²) < 4.78 is 0. The number of oxime groups is 1. The first-order valence-electron chi connectivity index (χ1n) is 5.33. The minimum atomic E-state index is -0.172. The Morgan fingerprint density at radius 2 is 2.07 bits per heavy atom. The predicted octanol–water partition coefficient (Wildman–Crippen LogP) is 0.962. The molecule has 0 aromatic heterocycles. The Morgan fingerprint density at radius 1 is 1.47 bits per heavy atom. The minimum absolute atomic E-state index is 0.0356. The average Bonchev–Trinajstić information content (AvgIpc) is 2.17. The molecule has 0 unspecified atom stereocenters. The molecule has 0 saturated heterocycles. The molecular formula is C10H19N3O2. The van der Waals surface area contributed by atoms with Gasteiger partial charge in [-0.25, -0.2) is 0 Å². The molecule has 1 saturated carbocycles. The second kappa shape index (κ2) is 5.00. The van der Waals surface area contributed by atoms with Crippen LogP contribution in [0, 0.1) is 0 Å². The molecule has 1 amide bonds. The number of rotatable bonds is 3. The molecule has 15 heavy (non-hydrogen) atoms. The molecule has 0 aromatic carbocycles. The third kappa shape index (κ3) is 3.77. The van der Waals surface area contributed by atoms with Crippen molar-refractivity contribution in [3.63, 3.8) is 0 Å². The fraction of sp³-hybridized carbons (Fsp3) is 0.800. The number of amidine groups is 1. The zero-order valence-corrected chi connectivity index (χ0v) is 9.12. The van der Waals surface area contributed by atoms with Crippen molar-refractivity contribution >= 4 is 11.7 Å². The molecule has 1 aliphatic rings. The highest BCUT2D eigenvalue weighted by Gasteiger charge is 2.28.